The number of hydrogen-bond donors (Lipinski definition) is 3. The maximum absolute atomic E-state index is 12.0. The number of aromatic hydroxyl groups is 1. The van der Waals surface area contributed by atoms with E-state index < -0.39 is 17.6 Å². The van der Waals surface area contributed by atoms with Crippen LogP contribution in [0, 0.1) is 0 Å². The lowest BCUT2D eigenvalue weighted by molar-refractivity contribution is 0.0693. The number of phenols is 1. The molecule has 0 radical (unpaired) electrons. The molecule has 2 aromatic carbocycles. The van der Waals surface area contributed by atoms with Gasteiger partial charge in [-0.25, -0.2) is 4.79 Å². The van der Waals surface area contributed by atoms with Crippen molar-refractivity contribution in [2.45, 2.75) is 0 Å². The van der Waals surface area contributed by atoms with Crippen molar-refractivity contribution in [1.29, 1.82) is 0 Å². The van der Waals surface area contributed by atoms with E-state index in [0.717, 1.165) is 6.07 Å². The molecule has 21 heavy (non-hydrogen) atoms. The Morgan fingerprint density at radius 3 is 2.24 bits per heavy atom. The number of benzene rings is 2. The molecule has 3 N–H and O–H groups in total. The van der Waals surface area contributed by atoms with Crippen LogP contribution in [0.15, 0.2) is 36.4 Å². The Bertz CT molecular complexity index is 731. The summed E-state index contributed by atoms with van der Waals surface area (Å²) in [6, 6.07) is 8.12. The zero-order valence-electron chi connectivity index (χ0n) is 10.4. The largest absolute Gasteiger partial charge is 0.507 e. The molecule has 0 saturated heterocycles. The van der Waals surface area contributed by atoms with Crippen LogP contribution in [0.2, 0.25) is 10.0 Å². The quantitative estimate of drug-likeness (QED) is 0.803. The van der Waals surface area contributed by atoms with Crippen LogP contribution in [0.3, 0.4) is 0 Å². The third-order valence-electron chi connectivity index (χ3n) is 2.66. The number of rotatable bonds is 3. The maximum Gasteiger partial charge on any atom is 0.339 e. The van der Waals surface area contributed by atoms with E-state index in [2.05, 4.69) is 5.32 Å². The van der Waals surface area contributed by atoms with E-state index in [1.54, 1.807) is 0 Å². The average Bonchev–Trinajstić information content (AvgIpc) is 2.37. The van der Waals surface area contributed by atoms with Crippen molar-refractivity contribution >= 4 is 40.8 Å². The number of amides is 1. The van der Waals surface area contributed by atoms with Crippen molar-refractivity contribution in [3.63, 3.8) is 0 Å². The second kappa shape index (κ2) is 6.03. The average molecular weight is 326 g/mol. The van der Waals surface area contributed by atoms with Crippen LogP contribution in [0.25, 0.3) is 0 Å². The Morgan fingerprint density at radius 1 is 1.00 bits per heavy atom. The monoisotopic (exact) mass is 325 g/mol. The van der Waals surface area contributed by atoms with Gasteiger partial charge in [-0.05, 0) is 30.3 Å². The van der Waals surface area contributed by atoms with Crippen molar-refractivity contribution in [2.75, 3.05) is 5.32 Å². The van der Waals surface area contributed by atoms with Gasteiger partial charge in [-0.3, -0.25) is 4.79 Å². The molecule has 0 aliphatic carbocycles. The third kappa shape index (κ3) is 3.45. The molecule has 0 spiro atoms. The van der Waals surface area contributed by atoms with Crippen LogP contribution < -0.4 is 5.32 Å². The highest BCUT2D eigenvalue weighted by molar-refractivity contribution is 6.37. The number of halogens is 2. The van der Waals surface area contributed by atoms with Gasteiger partial charge in [0.25, 0.3) is 5.91 Å². The van der Waals surface area contributed by atoms with E-state index >= 15 is 0 Å². The fourth-order valence-corrected chi connectivity index (χ4v) is 2.16. The molecular formula is C14H9Cl2NO4. The summed E-state index contributed by atoms with van der Waals surface area (Å²) >= 11 is 11.7. The first kappa shape index (κ1) is 15.2. The summed E-state index contributed by atoms with van der Waals surface area (Å²) in [6.07, 6.45) is 0. The van der Waals surface area contributed by atoms with Gasteiger partial charge in [0, 0.05) is 16.8 Å². The smallest absolute Gasteiger partial charge is 0.339 e. The summed E-state index contributed by atoms with van der Waals surface area (Å²) in [5.74, 6) is -2.20. The molecule has 0 heterocycles. The first-order valence-corrected chi connectivity index (χ1v) is 6.47. The van der Waals surface area contributed by atoms with Crippen molar-refractivity contribution < 1.29 is 19.8 Å². The Kier molecular flexibility index (Phi) is 4.35. The van der Waals surface area contributed by atoms with Crippen molar-refractivity contribution in [1.82, 2.24) is 0 Å². The predicted molar refractivity (Wildman–Crippen MR) is 79.5 cm³/mol. The van der Waals surface area contributed by atoms with E-state index in [1.807, 2.05) is 0 Å². The molecule has 5 nitrogen and oxygen atoms in total. The van der Waals surface area contributed by atoms with E-state index in [-0.39, 0.29) is 21.8 Å². The summed E-state index contributed by atoms with van der Waals surface area (Å²) in [5, 5.41) is 21.5. The molecule has 2 rings (SSSR count). The Hall–Kier alpha value is -2.24. The van der Waals surface area contributed by atoms with Gasteiger partial charge in [0.05, 0.1) is 10.6 Å². The lowest BCUT2D eigenvalue weighted by atomic mass is 10.1. The number of aromatic carboxylic acids is 1. The molecule has 0 saturated carbocycles. The molecule has 0 aliphatic heterocycles. The number of anilines is 1. The van der Waals surface area contributed by atoms with Gasteiger partial charge in [-0.1, -0.05) is 23.2 Å². The van der Waals surface area contributed by atoms with E-state index in [4.69, 9.17) is 28.3 Å². The van der Waals surface area contributed by atoms with Crippen LogP contribution in [-0.2, 0) is 0 Å². The normalized spacial score (nSPS) is 10.2. The standard InChI is InChI=1S/C14H9Cl2NO4/c15-7-1-3-9(11(16)5-7)13(19)17-8-2-4-10(14(20)21)12(18)6-8/h1-6,18H,(H,17,19)(H,20,21). The maximum atomic E-state index is 12.0. The lowest BCUT2D eigenvalue weighted by Crippen LogP contribution is -2.12. The summed E-state index contributed by atoms with van der Waals surface area (Å²) in [6.45, 7) is 0. The molecule has 7 heteroatoms. The number of carboxylic acid groups (broad SMARTS) is 1. The van der Waals surface area contributed by atoms with Crippen LogP contribution in [0.1, 0.15) is 20.7 Å². The highest BCUT2D eigenvalue weighted by Crippen LogP contribution is 2.25. The highest BCUT2D eigenvalue weighted by Gasteiger charge is 2.13. The van der Waals surface area contributed by atoms with Gasteiger partial charge >= 0.3 is 5.97 Å². The van der Waals surface area contributed by atoms with E-state index in [9.17, 15) is 14.7 Å². The Balaban J connectivity index is 2.23. The summed E-state index contributed by atoms with van der Waals surface area (Å²) in [5.41, 5.74) is 0.203. The van der Waals surface area contributed by atoms with Gasteiger partial charge in [0.15, 0.2) is 0 Å². The summed E-state index contributed by atoms with van der Waals surface area (Å²) < 4.78 is 0. The zero-order chi connectivity index (χ0) is 15.6. The number of carboxylic acids is 1. The molecule has 108 valence electrons. The van der Waals surface area contributed by atoms with Gasteiger partial charge in [0.2, 0.25) is 0 Å². The second-order valence-electron chi connectivity index (χ2n) is 4.12. The molecule has 0 fully saturated rings. The fraction of sp³-hybridized carbons (Fsp3) is 0. The van der Waals surface area contributed by atoms with E-state index in [1.165, 1.54) is 30.3 Å². The van der Waals surface area contributed by atoms with Crippen molar-refractivity contribution in [2.24, 2.45) is 0 Å². The van der Waals surface area contributed by atoms with Gasteiger partial charge in [-0.2, -0.15) is 0 Å². The van der Waals surface area contributed by atoms with Gasteiger partial charge in [0.1, 0.15) is 11.3 Å². The minimum absolute atomic E-state index is 0.186. The highest BCUT2D eigenvalue weighted by atomic mass is 35.5. The molecule has 0 atom stereocenters. The third-order valence-corrected chi connectivity index (χ3v) is 3.21. The molecule has 0 aliphatic rings. The number of hydrogen-bond acceptors (Lipinski definition) is 3. The van der Waals surface area contributed by atoms with Gasteiger partial charge < -0.3 is 15.5 Å². The molecule has 2 aromatic rings. The molecule has 0 aromatic heterocycles. The lowest BCUT2D eigenvalue weighted by Gasteiger charge is -2.08. The van der Waals surface area contributed by atoms with Crippen molar-refractivity contribution in [3.8, 4) is 5.75 Å². The predicted octanol–water partition coefficient (Wildman–Crippen LogP) is 3.65. The number of nitrogens with one attached hydrogen (secondary N) is 1. The number of carbonyl (C=O) groups is 2. The van der Waals surface area contributed by atoms with Crippen LogP contribution in [0.5, 0.6) is 5.75 Å². The SMILES string of the molecule is O=C(O)c1ccc(NC(=O)c2ccc(Cl)cc2Cl)cc1O. The topological polar surface area (TPSA) is 86.6 Å². The minimum atomic E-state index is -1.26. The Labute approximate surface area is 129 Å². The van der Waals surface area contributed by atoms with Crippen LogP contribution >= 0.6 is 23.2 Å². The minimum Gasteiger partial charge on any atom is -0.507 e. The van der Waals surface area contributed by atoms with E-state index in [0.29, 0.717) is 5.02 Å². The second-order valence-corrected chi connectivity index (χ2v) is 4.96. The van der Waals surface area contributed by atoms with Crippen molar-refractivity contribution in [3.05, 3.63) is 57.6 Å². The number of carbonyl (C=O) groups excluding carboxylic acids is 1. The molecule has 0 bridgehead atoms. The van der Waals surface area contributed by atoms with Crippen LogP contribution in [-0.4, -0.2) is 22.1 Å². The fourth-order valence-electron chi connectivity index (χ4n) is 1.66. The zero-order valence-corrected chi connectivity index (χ0v) is 11.9. The first-order chi connectivity index (χ1) is 9.88. The van der Waals surface area contributed by atoms with Crippen LogP contribution in [0.4, 0.5) is 5.69 Å². The molecular weight excluding hydrogens is 317 g/mol. The molecule has 1 amide bonds. The van der Waals surface area contributed by atoms with Gasteiger partial charge in [-0.15, -0.1) is 0 Å². The summed E-state index contributed by atoms with van der Waals surface area (Å²) in [4.78, 5) is 22.8. The molecule has 0 unspecified atom stereocenters. The first-order valence-electron chi connectivity index (χ1n) is 5.71. The summed E-state index contributed by atoms with van der Waals surface area (Å²) in [7, 11) is 0. The Morgan fingerprint density at radius 2 is 1.67 bits per heavy atom.